The number of fused-ring (bicyclic) bond motifs is 1. The molecule has 0 atom stereocenters. The van der Waals surface area contributed by atoms with Crippen LogP contribution in [0.2, 0.25) is 0 Å². The average molecular weight is 458 g/mol. The standard InChI is InChI=1S/C23H35N7OS/c1-15(16(2)24)21(25)29-22-17-12-20(32-23(3,4)5)19(13-18(17)27-14-28-22)31-11-10-30-8-6-26-7-9-30/h12-14,26H,6-11,24H2,1-5H3,(H2,25,27,28,29)/b16-15-. The molecule has 1 aliphatic rings. The van der Waals surface area contributed by atoms with Crippen molar-refractivity contribution in [3.05, 3.63) is 29.7 Å². The summed E-state index contributed by atoms with van der Waals surface area (Å²) in [6.45, 7) is 15.9. The molecule has 0 radical (unpaired) electrons. The Bertz CT molecular complexity index is 1000. The lowest BCUT2D eigenvalue weighted by Crippen LogP contribution is -2.44. The number of thioether (sulfide) groups is 1. The first-order valence-corrected chi connectivity index (χ1v) is 11.8. The fraction of sp³-hybridized carbons (Fsp3) is 0.522. The summed E-state index contributed by atoms with van der Waals surface area (Å²) in [4.78, 5) is 16.8. The molecule has 3 rings (SSSR count). The maximum absolute atomic E-state index is 6.26. The Kier molecular flexibility index (Phi) is 7.97. The van der Waals surface area contributed by atoms with Crippen LogP contribution in [0.25, 0.3) is 10.9 Å². The Labute approximate surface area is 194 Å². The Hall–Kier alpha value is -2.36. The van der Waals surface area contributed by atoms with Crippen LogP contribution in [0.15, 0.2) is 39.6 Å². The first kappa shape index (κ1) is 24.3. The minimum Gasteiger partial charge on any atom is -0.491 e. The maximum Gasteiger partial charge on any atom is 0.165 e. The summed E-state index contributed by atoms with van der Waals surface area (Å²) in [5.41, 5.74) is 14.2. The molecule has 2 aromatic rings. The van der Waals surface area contributed by atoms with Crippen LogP contribution in [-0.4, -0.2) is 64.8 Å². The minimum absolute atomic E-state index is 0.0123. The second-order valence-electron chi connectivity index (χ2n) is 8.97. The zero-order chi connectivity index (χ0) is 23.3. The lowest BCUT2D eigenvalue weighted by Gasteiger charge is -2.27. The van der Waals surface area contributed by atoms with Crippen molar-refractivity contribution < 1.29 is 4.74 Å². The van der Waals surface area contributed by atoms with Gasteiger partial charge in [0.2, 0.25) is 0 Å². The molecule has 0 aliphatic carbocycles. The number of hydrogen-bond donors (Lipinski definition) is 3. The van der Waals surface area contributed by atoms with Gasteiger partial charge in [0.15, 0.2) is 5.82 Å². The fourth-order valence-corrected chi connectivity index (χ4v) is 4.34. The van der Waals surface area contributed by atoms with E-state index in [1.165, 1.54) is 6.33 Å². The SMILES string of the molecule is C/C(N)=C(\C)C(N)=Nc1ncnc2cc(OCCN3CCNCC3)c(SC(C)(C)C)cc12. The third-order valence-corrected chi connectivity index (χ3v) is 6.32. The van der Waals surface area contributed by atoms with Crippen LogP contribution in [0.4, 0.5) is 5.82 Å². The number of allylic oxidation sites excluding steroid dienone is 1. The number of rotatable bonds is 7. The fourth-order valence-electron chi connectivity index (χ4n) is 3.28. The van der Waals surface area contributed by atoms with Crippen LogP contribution in [0.3, 0.4) is 0 Å². The zero-order valence-corrected chi connectivity index (χ0v) is 20.6. The van der Waals surface area contributed by atoms with E-state index in [0.717, 1.165) is 59.8 Å². The number of ether oxygens (including phenoxy) is 1. The quantitative estimate of drug-likeness (QED) is 0.330. The van der Waals surface area contributed by atoms with E-state index in [9.17, 15) is 0 Å². The molecule has 8 nitrogen and oxygen atoms in total. The molecule has 0 bridgehead atoms. The van der Waals surface area contributed by atoms with Crippen molar-refractivity contribution in [2.75, 3.05) is 39.3 Å². The molecule has 0 spiro atoms. The summed E-state index contributed by atoms with van der Waals surface area (Å²) >= 11 is 1.75. The Morgan fingerprint density at radius 3 is 2.56 bits per heavy atom. The van der Waals surface area contributed by atoms with Crippen molar-refractivity contribution in [2.24, 2.45) is 16.5 Å². The Morgan fingerprint density at radius 1 is 1.19 bits per heavy atom. The number of nitrogens with one attached hydrogen (secondary N) is 1. The van der Waals surface area contributed by atoms with Crippen molar-refractivity contribution in [3.63, 3.8) is 0 Å². The molecule has 32 heavy (non-hydrogen) atoms. The highest BCUT2D eigenvalue weighted by molar-refractivity contribution is 8.00. The van der Waals surface area contributed by atoms with Crippen LogP contribution in [-0.2, 0) is 0 Å². The van der Waals surface area contributed by atoms with Gasteiger partial charge in [0.05, 0.1) is 10.4 Å². The third kappa shape index (κ3) is 6.57. The van der Waals surface area contributed by atoms with E-state index in [4.69, 9.17) is 16.2 Å². The van der Waals surface area contributed by atoms with Gasteiger partial charge in [0.1, 0.15) is 24.5 Å². The summed E-state index contributed by atoms with van der Waals surface area (Å²) in [7, 11) is 0. The number of benzene rings is 1. The van der Waals surface area contributed by atoms with Gasteiger partial charge in [-0.25, -0.2) is 15.0 Å². The first-order valence-electron chi connectivity index (χ1n) is 10.9. The van der Waals surface area contributed by atoms with Gasteiger partial charge < -0.3 is 21.5 Å². The van der Waals surface area contributed by atoms with Crippen LogP contribution in [0, 0.1) is 0 Å². The Morgan fingerprint density at radius 2 is 1.91 bits per heavy atom. The zero-order valence-electron chi connectivity index (χ0n) is 19.7. The highest BCUT2D eigenvalue weighted by atomic mass is 32.2. The number of nitrogens with zero attached hydrogens (tertiary/aromatic N) is 4. The molecule has 1 aliphatic heterocycles. The highest BCUT2D eigenvalue weighted by Crippen LogP contribution is 2.41. The van der Waals surface area contributed by atoms with Crippen molar-refractivity contribution in [1.29, 1.82) is 0 Å². The molecule has 2 heterocycles. The normalized spacial score (nSPS) is 16.8. The number of amidine groups is 1. The summed E-state index contributed by atoms with van der Waals surface area (Å²) in [5, 5.41) is 4.21. The van der Waals surface area contributed by atoms with Gasteiger partial charge in [0.25, 0.3) is 0 Å². The van der Waals surface area contributed by atoms with Crippen LogP contribution < -0.4 is 21.5 Å². The second-order valence-corrected chi connectivity index (χ2v) is 10.8. The van der Waals surface area contributed by atoms with Crippen molar-refractivity contribution in [1.82, 2.24) is 20.2 Å². The van der Waals surface area contributed by atoms with E-state index in [-0.39, 0.29) is 4.75 Å². The van der Waals surface area contributed by atoms with Gasteiger partial charge >= 0.3 is 0 Å². The molecule has 1 aromatic heterocycles. The van der Waals surface area contributed by atoms with E-state index in [2.05, 4.69) is 52.0 Å². The molecule has 0 saturated carbocycles. The predicted molar refractivity (Wildman–Crippen MR) is 134 cm³/mol. The summed E-state index contributed by atoms with van der Waals surface area (Å²) < 4.78 is 6.27. The number of hydrogen-bond acceptors (Lipinski definition) is 8. The van der Waals surface area contributed by atoms with E-state index < -0.39 is 0 Å². The Balaban J connectivity index is 1.94. The smallest absolute Gasteiger partial charge is 0.165 e. The van der Waals surface area contributed by atoms with E-state index in [0.29, 0.717) is 24.0 Å². The monoisotopic (exact) mass is 457 g/mol. The van der Waals surface area contributed by atoms with Crippen LogP contribution in [0.1, 0.15) is 34.6 Å². The molecular formula is C23H35N7OS. The maximum atomic E-state index is 6.26. The summed E-state index contributed by atoms with van der Waals surface area (Å²) in [5.74, 6) is 1.71. The van der Waals surface area contributed by atoms with E-state index in [1.54, 1.807) is 18.7 Å². The van der Waals surface area contributed by atoms with Crippen LogP contribution in [0.5, 0.6) is 5.75 Å². The molecule has 0 amide bonds. The summed E-state index contributed by atoms with van der Waals surface area (Å²) in [6, 6.07) is 4.04. The molecule has 5 N–H and O–H groups in total. The van der Waals surface area contributed by atoms with Gasteiger partial charge in [-0.15, -0.1) is 11.8 Å². The molecule has 1 fully saturated rings. The van der Waals surface area contributed by atoms with Gasteiger partial charge in [-0.1, -0.05) is 20.8 Å². The second kappa shape index (κ2) is 10.5. The van der Waals surface area contributed by atoms with Crippen molar-refractivity contribution >= 4 is 34.3 Å². The predicted octanol–water partition coefficient (Wildman–Crippen LogP) is 3.05. The molecule has 1 aromatic carbocycles. The van der Waals surface area contributed by atoms with E-state index >= 15 is 0 Å². The molecule has 9 heteroatoms. The topological polar surface area (TPSA) is 115 Å². The molecule has 1 saturated heterocycles. The van der Waals surface area contributed by atoms with E-state index in [1.807, 2.05) is 13.0 Å². The average Bonchev–Trinajstić information content (AvgIpc) is 2.73. The summed E-state index contributed by atoms with van der Waals surface area (Å²) in [6.07, 6.45) is 1.50. The van der Waals surface area contributed by atoms with Crippen molar-refractivity contribution in [3.8, 4) is 5.75 Å². The minimum atomic E-state index is 0.0123. The van der Waals surface area contributed by atoms with Crippen LogP contribution >= 0.6 is 11.8 Å². The third-order valence-electron chi connectivity index (χ3n) is 5.17. The highest BCUT2D eigenvalue weighted by Gasteiger charge is 2.19. The van der Waals surface area contributed by atoms with Gasteiger partial charge in [-0.05, 0) is 19.9 Å². The first-order chi connectivity index (χ1) is 15.1. The molecule has 0 unspecified atom stereocenters. The van der Waals surface area contributed by atoms with Gasteiger partial charge in [0, 0.05) is 60.2 Å². The van der Waals surface area contributed by atoms with Gasteiger partial charge in [-0.2, -0.15) is 0 Å². The van der Waals surface area contributed by atoms with Crippen molar-refractivity contribution in [2.45, 2.75) is 44.3 Å². The van der Waals surface area contributed by atoms with Gasteiger partial charge in [-0.3, -0.25) is 4.90 Å². The molecule has 174 valence electrons. The number of piperazine rings is 1. The molecular weight excluding hydrogens is 422 g/mol. The number of aromatic nitrogens is 2. The lowest BCUT2D eigenvalue weighted by atomic mass is 10.2. The largest absolute Gasteiger partial charge is 0.491 e. The lowest BCUT2D eigenvalue weighted by molar-refractivity contribution is 0.189. The number of nitrogens with two attached hydrogens (primary N) is 2. The number of aliphatic imine (C=N–C) groups is 1.